The fourth-order valence-electron chi connectivity index (χ4n) is 5.09. The van der Waals surface area contributed by atoms with Crippen LogP contribution in [0.25, 0.3) is 0 Å². The first-order valence-corrected chi connectivity index (χ1v) is 10.9. The van der Waals surface area contributed by atoms with E-state index in [1.54, 1.807) is 26.3 Å². The van der Waals surface area contributed by atoms with Gasteiger partial charge < -0.3 is 20.1 Å². The van der Waals surface area contributed by atoms with E-state index in [9.17, 15) is 14.0 Å². The van der Waals surface area contributed by atoms with Crippen molar-refractivity contribution in [2.24, 2.45) is 13.0 Å². The number of carbonyl (C=O) groups excluding carboxylic acids is 2. The number of rotatable bonds is 7. The number of anilines is 1. The maximum Gasteiger partial charge on any atom is 0.407 e. The number of halogens is 1. The number of carbonyl (C=O) groups is 2. The number of aromatic amines is 1. The van der Waals surface area contributed by atoms with Gasteiger partial charge in [0, 0.05) is 37.4 Å². The second-order valence-corrected chi connectivity index (χ2v) is 9.25. The Bertz CT molecular complexity index is 1020. The van der Waals surface area contributed by atoms with Gasteiger partial charge in [0.05, 0.1) is 12.3 Å². The molecule has 4 aliphatic carbocycles. The van der Waals surface area contributed by atoms with E-state index in [1.807, 2.05) is 0 Å². The molecule has 0 radical (unpaired) electrons. The van der Waals surface area contributed by atoms with E-state index in [1.165, 1.54) is 4.68 Å². The standard InChI is InChI=1S/C21H27FN6O4/c1-28-16(5-13(27-28)10-31-2)19(29)23-18-6-15(25-26-18)12-3-14(22)17(4-12)32-20(30)24-21-7-11(8-21)9-21/h5-6,11-12,14,17H,3-4,7-10H2,1-2H3,(H,24,30)(H2,23,25,26,29)/t11?,12-,14-,17-,21?/m0/s1. The minimum absolute atomic E-state index is 0.0970. The summed E-state index contributed by atoms with van der Waals surface area (Å²) in [6.07, 6.45) is 1.04. The van der Waals surface area contributed by atoms with E-state index in [2.05, 4.69) is 25.9 Å². The summed E-state index contributed by atoms with van der Waals surface area (Å²) in [5.74, 6) is 0.531. The Morgan fingerprint density at radius 1 is 1.31 bits per heavy atom. The number of methoxy groups -OCH3 is 1. The summed E-state index contributed by atoms with van der Waals surface area (Å²) in [6, 6.07) is 3.34. The fraction of sp³-hybridized carbons (Fsp3) is 0.619. The lowest BCUT2D eigenvalue weighted by Gasteiger charge is -2.61. The van der Waals surface area contributed by atoms with Crippen molar-refractivity contribution in [3.05, 3.63) is 29.2 Å². The molecule has 4 fully saturated rings. The van der Waals surface area contributed by atoms with Crippen LogP contribution in [-0.4, -0.2) is 56.9 Å². The van der Waals surface area contributed by atoms with Crippen LogP contribution in [0.2, 0.25) is 0 Å². The zero-order valence-electron chi connectivity index (χ0n) is 18.1. The number of nitrogens with zero attached hydrogens (tertiary/aromatic N) is 3. The number of nitrogens with one attached hydrogen (secondary N) is 3. The number of amides is 2. The van der Waals surface area contributed by atoms with Crippen molar-refractivity contribution < 1.29 is 23.5 Å². The van der Waals surface area contributed by atoms with E-state index < -0.39 is 18.4 Å². The van der Waals surface area contributed by atoms with E-state index in [0.29, 0.717) is 35.9 Å². The lowest BCUT2D eigenvalue weighted by Crippen LogP contribution is -2.68. The third kappa shape index (κ3) is 3.85. The average Bonchev–Trinajstić information content (AvgIpc) is 3.37. The molecule has 0 aromatic carbocycles. The maximum absolute atomic E-state index is 14.5. The minimum Gasteiger partial charge on any atom is -0.443 e. The predicted molar refractivity (Wildman–Crippen MR) is 111 cm³/mol. The third-order valence-electron chi connectivity index (χ3n) is 6.83. The molecule has 2 aromatic rings. The van der Waals surface area contributed by atoms with Gasteiger partial charge in [-0.2, -0.15) is 10.2 Å². The Balaban J connectivity index is 1.16. The van der Waals surface area contributed by atoms with Crippen molar-refractivity contribution in [3.63, 3.8) is 0 Å². The van der Waals surface area contributed by atoms with E-state index in [4.69, 9.17) is 9.47 Å². The highest BCUT2D eigenvalue weighted by atomic mass is 19.1. The number of hydrogen-bond donors (Lipinski definition) is 3. The quantitative estimate of drug-likeness (QED) is 0.600. The van der Waals surface area contributed by atoms with E-state index in [0.717, 1.165) is 25.2 Å². The molecule has 3 N–H and O–H groups in total. The molecule has 2 aromatic heterocycles. The van der Waals surface area contributed by atoms with Crippen LogP contribution in [0.4, 0.5) is 15.0 Å². The smallest absolute Gasteiger partial charge is 0.407 e. The SMILES string of the molecule is COCc1cc(C(=O)Nc2cc([C@@H]3C[C@H](OC(=O)NC45CC(C4)C5)[C@@H](F)C3)[nH]n2)n(C)n1. The van der Waals surface area contributed by atoms with E-state index >= 15 is 0 Å². The zero-order valence-corrected chi connectivity index (χ0v) is 18.1. The molecule has 3 atom stereocenters. The van der Waals surface area contributed by atoms with Crippen molar-refractivity contribution in [1.29, 1.82) is 0 Å². The van der Waals surface area contributed by atoms with Gasteiger partial charge in [0.15, 0.2) is 5.82 Å². The lowest BCUT2D eigenvalue weighted by molar-refractivity contribution is -0.0530. The van der Waals surface area contributed by atoms with Gasteiger partial charge in [0.2, 0.25) is 0 Å². The minimum atomic E-state index is -1.24. The number of ether oxygens (including phenoxy) is 2. The van der Waals surface area contributed by atoms with Crippen LogP contribution in [0.15, 0.2) is 12.1 Å². The number of H-pyrrole nitrogens is 1. The molecule has 4 saturated carbocycles. The molecule has 11 heteroatoms. The van der Waals surface area contributed by atoms with Gasteiger partial charge in [-0.3, -0.25) is 14.6 Å². The average molecular weight is 446 g/mol. The highest BCUT2D eigenvalue weighted by Crippen LogP contribution is 2.57. The highest BCUT2D eigenvalue weighted by molar-refractivity contribution is 6.02. The summed E-state index contributed by atoms with van der Waals surface area (Å²) >= 11 is 0. The molecule has 10 nitrogen and oxygen atoms in total. The molecular weight excluding hydrogens is 419 g/mol. The van der Waals surface area contributed by atoms with Crippen molar-refractivity contribution in [1.82, 2.24) is 25.3 Å². The predicted octanol–water partition coefficient (Wildman–Crippen LogP) is 2.40. The number of hydrogen-bond acceptors (Lipinski definition) is 6. The molecule has 0 saturated heterocycles. The van der Waals surface area contributed by atoms with Crippen molar-refractivity contribution in [3.8, 4) is 0 Å². The number of aromatic nitrogens is 4. The Hall–Kier alpha value is -2.95. The molecule has 0 spiro atoms. The first kappa shape index (κ1) is 20.9. The Morgan fingerprint density at radius 3 is 2.78 bits per heavy atom. The first-order chi connectivity index (χ1) is 15.3. The van der Waals surface area contributed by atoms with Crippen molar-refractivity contribution in [2.75, 3.05) is 12.4 Å². The molecule has 2 heterocycles. The Labute approximate surface area is 184 Å². The Kier molecular flexibility index (Phi) is 5.15. The topological polar surface area (TPSA) is 123 Å². The van der Waals surface area contributed by atoms with Gasteiger partial charge in [0.1, 0.15) is 18.0 Å². The molecule has 2 bridgehead atoms. The van der Waals surface area contributed by atoms with Crippen LogP contribution in [-0.2, 0) is 23.1 Å². The van der Waals surface area contributed by atoms with Gasteiger partial charge in [-0.15, -0.1) is 0 Å². The van der Waals surface area contributed by atoms with Crippen LogP contribution in [0.1, 0.15) is 59.9 Å². The molecule has 4 aliphatic rings. The molecule has 172 valence electrons. The van der Waals surface area contributed by atoms with Crippen molar-refractivity contribution >= 4 is 17.8 Å². The summed E-state index contributed by atoms with van der Waals surface area (Å²) in [7, 11) is 3.23. The molecule has 0 aliphatic heterocycles. The monoisotopic (exact) mass is 446 g/mol. The lowest BCUT2D eigenvalue weighted by atomic mass is 9.50. The zero-order chi connectivity index (χ0) is 22.5. The number of alkyl halides is 1. The van der Waals surface area contributed by atoms with Crippen molar-refractivity contribution in [2.45, 2.75) is 62.4 Å². The summed E-state index contributed by atoms with van der Waals surface area (Å²) in [4.78, 5) is 24.7. The molecule has 32 heavy (non-hydrogen) atoms. The van der Waals surface area contributed by atoms with Crippen LogP contribution in [0.3, 0.4) is 0 Å². The van der Waals surface area contributed by atoms with Gasteiger partial charge in [0.25, 0.3) is 5.91 Å². The van der Waals surface area contributed by atoms with Gasteiger partial charge in [-0.05, 0) is 44.1 Å². The Morgan fingerprint density at radius 2 is 2.09 bits per heavy atom. The summed E-state index contributed by atoms with van der Waals surface area (Å²) in [6.45, 7) is 0.308. The highest BCUT2D eigenvalue weighted by Gasteiger charge is 2.58. The van der Waals surface area contributed by atoms with E-state index in [-0.39, 0.29) is 23.8 Å². The molecule has 6 rings (SSSR count). The van der Waals surface area contributed by atoms with Gasteiger partial charge in [-0.25, -0.2) is 9.18 Å². The van der Waals surface area contributed by atoms with Gasteiger partial charge in [-0.1, -0.05) is 0 Å². The molecule has 0 unspecified atom stereocenters. The first-order valence-electron chi connectivity index (χ1n) is 10.9. The summed E-state index contributed by atoms with van der Waals surface area (Å²) < 4.78 is 26.4. The third-order valence-corrected chi connectivity index (χ3v) is 6.83. The largest absolute Gasteiger partial charge is 0.443 e. The van der Waals surface area contributed by atoms with Crippen LogP contribution >= 0.6 is 0 Å². The maximum atomic E-state index is 14.5. The summed E-state index contributed by atoms with van der Waals surface area (Å²) in [5, 5.41) is 16.9. The molecule has 2 amide bonds. The second-order valence-electron chi connectivity index (χ2n) is 9.25. The number of aryl methyl sites for hydroxylation is 1. The van der Waals surface area contributed by atoms with Crippen LogP contribution in [0, 0.1) is 5.92 Å². The van der Waals surface area contributed by atoms with Gasteiger partial charge >= 0.3 is 6.09 Å². The second kappa shape index (κ2) is 7.88. The number of alkyl carbamates (subject to hydrolysis) is 1. The summed E-state index contributed by atoms with van der Waals surface area (Å²) in [5.41, 5.74) is 1.61. The van der Waals surface area contributed by atoms with Crippen LogP contribution < -0.4 is 10.6 Å². The fourth-order valence-corrected chi connectivity index (χ4v) is 5.09. The normalized spacial score (nSPS) is 30.3. The van der Waals surface area contributed by atoms with Crippen LogP contribution in [0.5, 0.6) is 0 Å². The molecular formula is C21H27FN6O4.